The lowest BCUT2D eigenvalue weighted by Crippen LogP contribution is -2.54. The molecule has 0 radical (unpaired) electrons. The van der Waals surface area contributed by atoms with Gasteiger partial charge in [0.1, 0.15) is 35.5 Å². The average molecular weight is 607 g/mol. The summed E-state index contributed by atoms with van der Waals surface area (Å²) in [6, 6.07) is 5.40. The van der Waals surface area contributed by atoms with Crippen LogP contribution in [-0.2, 0) is 4.74 Å². The topological polar surface area (TPSA) is 81.9 Å². The molecule has 0 N–H and O–H groups in total. The number of nitriles is 1. The molecule has 1 aromatic heterocycles. The first kappa shape index (κ1) is 27.8. The summed E-state index contributed by atoms with van der Waals surface area (Å²) in [5, 5.41) is 10.8. The van der Waals surface area contributed by atoms with E-state index in [0.29, 0.717) is 43.7 Å². The molecule has 4 heterocycles. The van der Waals surface area contributed by atoms with Gasteiger partial charge in [-0.1, -0.05) is 0 Å². The van der Waals surface area contributed by atoms with Gasteiger partial charge in [0.15, 0.2) is 5.82 Å². The molecule has 3 atom stereocenters. The molecule has 11 heteroatoms. The molecule has 1 amide bonds. The number of nitrogens with zero attached hydrogens (tertiary/aromatic N) is 5. The van der Waals surface area contributed by atoms with Crippen LogP contribution in [0.4, 0.5) is 19.3 Å². The first-order chi connectivity index (χ1) is 18.4. The van der Waals surface area contributed by atoms with Crippen LogP contribution >= 0.6 is 15.9 Å². The molecule has 210 valence electrons. The summed E-state index contributed by atoms with van der Waals surface area (Å²) in [7, 11) is 0. The molecule has 5 rings (SSSR count). The van der Waals surface area contributed by atoms with E-state index in [1.54, 1.807) is 17.0 Å². The quantitative estimate of drug-likeness (QED) is 0.461. The molecule has 0 spiro atoms. The number of carbonyl (C=O) groups is 1. The van der Waals surface area contributed by atoms with Crippen LogP contribution in [0.1, 0.15) is 52.5 Å². The zero-order valence-corrected chi connectivity index (χ0v) is 24.4. The molecule has 3 aliphatic rings. The molecule has 0 saturated carbocycles. The monoisotopic (exact) mass is 605 g/mol. The maximum absolute atomic E-state index is 15.4. The molecule has 3 fully saturated rings. The van der Waals surface area contributed by atoms with Crippen LogP contribution in [0.15, 0.2) is 16.6 Å². The van der Waals surface area contributed by atoms with Crippen LogP contribution in [0, 0.1) is 17.1 Å². The summed E-state index contributed by atoms with van der Waals surface area (Å²) in [4.78, 5) is 23.0. The number of halogens is 3. The minimum absolute atomic E-state index is 0.0438. The van der Waals surface area contributed by atoms with Crippen molar-refractivity contribution >= 4 is 38.6 Å². The zero-order chi connectivity index (χ0) is 28.1. The van der Waals surface area contributed by atoms with E-state index in [1.807, 2.05) is 32.6 Å². The lowest BCUT2D eigenvalue weighted by molar-refractivity contribution is 0.0219. The SMILES string of the molecule is C[C@@H]1CN(C(=O)OC(C)(C)C)CCN1c1c(C#N)c(OC[C@@]23CCCN2C[C@H](F)C3)nc2c(F)c(Br)ccc12. The number of hydrogen-bond acceptors (Lipinski definition) is 7. The van der Waals surface area contributed by atoms with Crippen LogP contribution in [0.3, 0.4) is 0 Å². The molecular formula is C28H34BrF2N5O3. The number of alkyl halides is 1. The van der Waals surface area contributed by atoms with E-state index in [2.05, 4.69) is 31.9 Å². The highest BCUT2D eigenvalue weighted by molar-refractivity contribution is 9.10. The van der Waals surface area contributed by atoms with E-state index < -0.39 is 29.2 Å². The smallest absolute Gasteiger partial charge is 0.410 e. The number of anilines is 1. The first-order valence-corrected chi connectivity index (χ1v) is 14.2. The Bertz CT molecular complexity index is 1330. The fraction of sp³-hybridized carbons (Fsp3) is 0.607. The summed E-state index contributed by atoms with van der Waals surface area (Å²) in [5.41, 5.74) is -0.232. The Balaban J connectivity index is 1.51. The largest absolute Gasteiger partial charge is 0.475 e. The van der Waals surface area contributed by atoms with Gasteiger partial charge in [-0.3, -0.25) is 4.90 Å². The van der Waals surface area contributed by atoms with Crippen LogP contribution in [0.25, 0.3) is 10.9 Å². The number of piperazine rings is 1. The van der Waals surface area contributed by atoms with Crippen LogP contribution in [0.2, 0.25) is 0 Å². The number of aromatic nitrogens is 1. The molecule has 3 aliphatic heterocycles. The number of hydrogen-bond donors (Lipinski definition) is 0. The molecular weight excluding hydrogens is 572 g/mol. The average Bonchev–Trinajstić information content (AvgIpc) is 3.39. The fourth-order valence-electron chi connectivity index (χ4n) is 6.17. The Labute approximate surface area is 236 Å². The predicted octanol–water partition coefficient (Wildman–Crippen LogP) is 5.41. The minimum atomic E-state index is -0.917. The molecule has 1 aromatic carbocycles. The van der Waals surface area contributed by atoms with Crippen molar-refractivity contribution in [2.45, 2.75) is 70.3 Å². The number of amides is 1. The summed E-state index contributed by atoms with van der Waals surface area (Å²) in [6.07, 6.45) is 0.827. The Morgan fingerprint density at radius 3 is 2.74 bits per heavy atom. The van der Waals surface area contributed by atoms with Gasteiger partial charge in [-0.05, 0) is 75.1 Å². The first-order valence-electron chi connectivity index (χ1n) is 13.4. The van der Waals surface area contributed by atoms with Gasteiger partial charge in [0.25, 0.3) is 0 Å². The Morgan fingerprint density at radius 1 is 1.28 bits per heavy atom. The normalized spacial score (nSPS) is 25.6. The highest BCUT2D eigenvalue weighted by Gasteiger charge is 2.49. The summed E-state index contributed by atoms with van der Waals surface area (Å²) in [6.45, 7) is 9.95. The van der Waals surface area contributed by atoms with Crippen molar-refractivity contribution in [1.29, 1.82) is 5.26 Å². The number of fused-ring (bicyclic) bond motifs is 2. The lowest BCUT2D eigenvalue weighted by Gasteiger charge is -2.42. The van der Waals surface area contributed by atoms with Gasteiger partial charge < -0.3 is 19.3 Å². The van der Waals surface area contributed by atoms with Gasteiger partial charge in [-0.25, -0.2) is 18.6 Å². The predicted molar refractivity (Wildman–Crippen MR) is 147 cm³/mol. The standard InChI is InChI=1S/C28H34BrF2N5O3/c1-17-14-34(26(37)39-27(2,3)4)10-11-36(17)24-19-6-7-21(29)22(31)23(19)33-25(20(24)13-32)38-16-28-8-5-9-35(28)15-18(30)12-28/h6-7,17-18H,5,8-12,14-16H2,1-4H3/t17-,18-,28+/m1/s1. The number of carbonyl (C=O) groups excluding carboxylic acids is 1. The fourth-order valence-corrected chi connectivity index (χ4v) is 6.49. The van der Waals surface area contributed by atoms with Crippen molar-refractivity contribution in [3.05, 3.63) is 28.0 Å². The zero-order valence-electron chi connectivity index (χ0n) is 22.8. The minimum Gasteiger partial charge on any atom is -0.475 e. The van der Waals surface area contributed by atoms with Crippen LogP contribution in [0.5, 0.6) is 5.88 Å². The van der Waals surface area contributed by atoms with Crippen molar-refractivity contribution in [2.75, 3.05) is 44.2 Å². The molecule has 3 saturated heterocycles. The number of benzene rings is 1. The second-order valence-electron chi connectivity index (χ2n) is 11.8. The van der Waals surface area contributed by atoms with Gasteiger partial charge in [0.2, 0.25) is 5.88 Å². The highest BCUT2D eigenvalue weighted by atomic mass is 79.9. The summed E-state index contributed by atoms with van der Waals surface area (Å²) >= 11 is 3.25. The summed E-state index contributed by atoms with van der Waals surface area (Å²) in [5.74, 6) is -0.504. The van der Waals surface area contributed by atoms with Gasteiger partial charge >= 0.3 is 6.09 Å². The number of pyridine rings is 1. The Kier molecular flexibility index (Phi) is 7.40. The van der Waals surface area contributed by atoms with Crippen molar-refractivity contribution in [3.63, 3.8) is 0 Å². The van der Waals surface area contributed by atoms with Crippen molar-refractivity contribution in [3.8, 4) is 11.9 Å². The Morgan fingerprint density at radius 2 is 2.05 bits per heavy atom. The van der Waals surface area contributed by atoms with Gasteiger partial charge in [0, 0.05) is 44.0 Å². The van der Waals surface area contributed by atoms with Gasteiger partial charge in [-0.2, -0.15) is 5.26 Å². The molecule has 0 bridgehead atoms. The molecule has 39 heavy (non-hydrogen) atoms. The van der Waals surface area contributed by atoms with Crippen LogP contribution in [-0.4, -0.2) is 83.6 Å². The van der Waals surface area contributed by atoms with E-state index in [4.69, 9.17) is 9.47 Å². The third-order valence-electron chi connectivity index (χ3n) is 7.90. The summed E-state index contributed by atoms with van der Waals surface area (Å²) < 4.78 is 41.7. The highest BCUT2D eigenvalue weighted by Crippen LogP contribution is 2.43. The van der Waals surface area contributed by atoms with E-state index in [9.17, 15) is 14.4 Å². The third kappa shape index (κ3) is 5.25. The second kappa shape index (κ2) is 10.4. The van der Waals surface area contributed by atoms with Gasteiger partial charge in [-0.15, -0.1) is 0 Å². The molecule has 0 unspecified atom stereocenters. The van der Waals surface area contributed by atoms with E-state index in [1.165, 1.54) is 0 Å². The number of rotatable bonds is 4. The molecule has 0 aliphatic carbocycles. The van der Waals surface area contributed by atoms with Crippen molar-refractivity contribution in [1.82, 2.24) is 14.8 Å². The number of ether oxygens (including phenoxy) is 2. The molecule has 2 aromatic rings. The Hall–Kier alpha value is -2.71. The maximum Gasteiger partial charge on any atom is 0.410 e. The van der Waals surface area contributed by atoms with E-state index in [-0.39, 0.29) is 34.1 Å². The van der Waals surface area contributed by atoms with Crippen LogP contribution < -0.4 is 9.64 Å². The molecule has 8 nitrogen and oxygen atoms in total. The van der Waals surface area contributed by atoms with E-state index in [0.717, 1.165) is 19.4 Å². The van der Waals surface area contributed by atoms with Crippen molar-refractivity contribution < 1.29 is 23.0 Å². The third-order valence-corrected chi connectivity index (χ3v) is 8.52. The second-order valence-corrected chi connectivity index (χ2v) is 12.7. The lowest BCUT2D eigenvalue weighted by atomic mass is 9.95. The van der Waals surface area contributed by atoms with Gasteiger partial charge in [0.05, 0.1) is 15.7 Å². The maximum atomic E-state index is 15.4. The van der Waals surface area contributed by atoms with Crippen molar-refractivity contribution in [2.24, 2.45) is 0 Å². The van der Waals surface area contributed by atoms with E-state index >= 15 is 4.39 Å².